The average molecular weight is 598 g/mol. The van der Waals surface area contributed by atoms with Crippen molar-refractivity contribution in [3.63, 3.8) is 0 Å². The third-order valence-electron chi connectivity index (χ3n) is 14.1. The van der Waals surface area contributed by atoms with Crippen molar-refractivity contribution in [2.75, 3.05) is 0 Å². The molecule has 240 valence electrons. The van der Waals surface area contributed by atoms with E-state index in [1.807, 2.05) is 0 Å². The SMILES string of the molecule is CC1(C)CC[C@]2(C(=O)O)CC[C@]3(C)C(=CCC4[C@@]5(C)CC/C(=N\OC(=O)CCCCC(=O)O)C(C)(C)C5CC[C@]43C)C2C1. The van der Waals surface area contributed by atoms with Gasteiger partial charge in [0.05, 0.1) is 11.1 Å². The minimum Gasteiger partial charge on any atom is -0.481 e. The van der Waals surface area contributed by atoms with Crippen molar-refractivity contribution in [3.05, 3.63) is 11.6 Å². The molecule has 0 aliphatic heterocycles. The number of nitrogens with zero attached hydrogens (tertiary/aromatic N) is 1. The van der Waals surface area contributed by atoms with Gasteiger partial charge in [-0.2, -0.15) is 0 Å². The van der Waals surface area contributed by atoms with Gasteiger partial charge in [0.25, 0.3) is 0 Å². The van der Waals surface area contributed by atoms with Crippen LogP contribution in [-0.2, 0) is 19.2 Å². The zero-order chi connectivity index (χ0) is 31.6. The summed E-state index contributed by atoms with van der Waals surface area (Å²) < 4.78 is 0. The maximum Gasteiger partial charge on any atom is 0.335 e. The maximum atomic E-state index is 12.9. The van der Waals surface area contributed by atoms with Gasteiger partial charge in [0.2, 0.25) is 0 Å². The number of allylic oxidation sites excluding steroid dienone is 2. The Hall–Kier alpha value is -2.18. The third kappa shape index (κ3) is 4.99. The summed E-state index contributed by atoms with van der Waals surface area (Å²) in [6, 6.07) is 0. The third-order valence-corrected chi connectivity index (χ3v) is 14.1. The second-order valence-corrected chi connectivity index (χ2v) is 17.0. The molecule has 7 heteroatoms. The van der Waals surface area contributed by atoms with Crippen LogP contribution in [0.5, 0.6) is 0 Å². The van der Waals surface area contributed by atoms with Gasteiger partial charge in [-0.25, -0.2) is 4.79 Å². The van der Waals surface area contributed by atoms with Gasteiger partial charge < -0.3 is 15.1 Å². The molecule has 0 aromatic heterocycles. The molecule has 5 rings (SSSR count). The molecular weight excluding hydrogens is 542 g/mol. The summed E-state index contributed by atoms with van der Waals surface area (Å²) in [4.78, 5) is 41.4. The second kappa shape index (κ2) is 10.7. The lowest BCUT2D eigenvalue weighted by Gasteiger charge is -2.70. The summed E-state index contributed by atoms with van der Waals surface area (Å²) >= 11 is 0. The molecule has 43 heavy (non-hydrogen) atoms. The number of rotatable bonds is 7. The molecule has 0 bridgehead atoms. The summed E-state index contributed by atoms with van der Waals surface area (Å²) in [6.07, 6.45) is 13.2. The molecule has 0 heterocycles. The number of aliphatic carboxylic acids is 2. The molecule has 0 amide bonds. The lowest BCUT2D eigenvalue weighted by molar-refractivity contribution is -0.179. The number of fused-ring (bicyclic) bond motifs is 7. The van der Waals surface area contributed by atoms with E-state index in [9.17, 15) is 19.5 Å². The Morgan fingerprint density at radius 3 is 2.23 bits per heavy atom. The zero-order valence-electron chi connectivity index (χ0n) is 27.7. The Kier molecular flexibility index (Phi) is 8.03. The van der Waals surface area contributed by atoms with Crippen molar-refractivity contribution in [2.45, 2.75) is 138 Å². The van der Waals surface area contributed by atoms with Crippen LogP contribution in [-0.4, -0.2) is 33.8 Å². The highest BCUT2D eigenvalue weighted by atomic mass is 16.7. The molecule has 0 radical (unpaired) electrons. The fraction of sp³-hybridized carbons (Fsp3) is 0.833. The maximum absolute atomic E-state index is 12.9. The van der Waals surface area contributed by atoms with Crippen LogP contribution in [0, 0.1) is 50.2 Å². The Morgan fingerprint density at radius 2 is 1.56 bits per heavy atom. The molecule has 5 aliphatic carbocycles. The molecule has 0 saturated heterocycles. The molecule has 4 saturated carbocycles. The van der Waals surface area contributed by atoms with E-state index < -0.39 is 23.3 Å². The summed E-state index contributed by atoms with van der Waals surface area (Å²) in [5.41, 5.74) is 1.96. The van der Waals surface area contributed by atoms with Crippen LogP contribution in [0.1, 0.15) is 138 Å². The number of carboxylic acids is 2. The Bertz CT molecular complexity index is 1230. The van der Waals surface area contributed by atoms with Crippen molar-refractivity contribution in [1.29, 1.82) is 0 Å². The summed E-state index contributed by atoms with van der Waals surface area (Å²) in [5.74, 6) is -0.793. The van der Waals surface area contributed by atoms with Crippen LogP contribution in [0.3, 0.4) is 0 Å². The smallest absolute Gasteiger partial charge is 0.335 e. The average Bonchev–Trinajstić information content (AvgIpc) is 2.90. The quantitative estimate of drug-likeness (QED) is 0.132. The molecule has 5 aliphatic rings. The fourth-order valence-electron chi connectivity index (χ4n) is 11.3. The first kappa shape index (κ1) is 32.2. The second-order valence-electron chi connectivity index (χ2n) is 17.0. The molecule has 4 fully saturated rings. The number of carbonyl (C=O) groups is 3. The topological polar surface area (TPSA) is 113 Å². The minimum absolute atomic E-state index is 0.00435. The van der Waals surface area contributed by atoms with Crippen LogP contribution in [0.15, 0.2) is 16.8 Å². The normalized spacial score (nSPS) is 42.0. The van der Waals surface area contributed by atoms with Gasteiger partial charge >= 0.3 is 17.9 Å². The molecule has 0 spiro atoms. The van der Waals surface area contributed by atoms with E-state index in [1.165, 1.54) is 5.57 Å². The van der Waals surface area contributed by atoms with E-state index in [0.29, 0.717) is 24.7 Å². The molecule has 2 N–H and O–H groups in total. The largest absolute Gasteiger partial charge is 0.481 e. The van der Waals surface area contributed by atoms with E-state index in [1.54, 1.807) is 0 Å². The van der Waals surface area contributed by atoms with Gasteiger partial charge in [0.1, 0.15) is 0 Å². The summed E-state index contributed by atoms with van der Waals surface area (Å²) in [7, 11) is 0. The van der Waals surface area contributed by atoms with Gasteiger partial charge in [-0.3, -0.25) is 9.59 Å². The standard InChI is InChI=1S/C36H55NO6/c1-31(2)18-20-36(30(41)42)21-19-34(6)23(24(36)22-31)12-13-26-33(5)16-15-27(32(3,4)25(33)14-17-35(26,34)7)37-43-29(40)11-9-8-10-28(38)39/h12,24-26H,8-11,13-22H2,1-7H3,(H,38,39)(H,41,42)/b37-27+/t24?,25?,26?,33-,34+,35+,36-/m0/s1. The van der Waals surface area contributed by atoms with E-state index in [4.69, 9.17) is 9.94 Å². The van der Waals surface area contributed by atoms with Gasteiger partial charge in [0.15, 0.2) is 0 Å². The highest BCUT2D eigenvalue weighted by molar-refractivity contribution is 5.91. The Balaban J connectivity index is 1.39. The number of carboxylic acid groups (broad SMARTS) is 2. The van der Waals surface area contributed by atoms with Gasteiger partial charge in [0, 0.05) is 18.3 Å². The lowest BCUT2D eigenvalue weighted by atomic mass is 9.33. The number of hydrogen-bond donors (Lipinski definition) is 2. The number of oxime groups is 1. The Morgan fingerprint density at radius 1 is 0.884 bits per heavy atom. The van der Waals surface area contributed by atoms with Crippen LogP contribution >= 0.6 is 0 Å². The first-order valence-electron chi connectivity index (χ1n) is 16.9. The van der Waals surface area contributed by atoms with Gasteiger partial charge in [-0.15, -0.1) is 0 Å². The van der Waals surface area contributed by atoms with E-state index >= 15 is 0 Å². The summed E-state index contributed by atoms with van der Waals surface area (Å²) in [5, 5.41) is 23.9. The van der Waals surface area contributed by atoms with Crippen LogP contribution in [0.2, 0.25) is 0 Å². The predicted molar refractivity (Wildman–Crippen MR) is 166 cm³/mol. The number of unbranched alkanes of at least 4 members (excludes halogenated alkanes) is 1. The first-order valence-corrected chi connectivity index (χ1v) is 16.9. The van der Waals surface area contributed by atoms with Crippen molar-refractivity contribution in [1.82, 2.24) is 0 Å². The fourth-order valence-corrected chi connectivity index (χ4v) is 11.3. The highest BCUT2D eigenvalue weighted by Crippen LogP contribution is 2.75. The van der Waals surface area contributed by atoms with Crippen molar-refractivity contribution < 1.29 is 29.4 Å². The van der Waals surface area contributed by atoms with Crippen LogP contribution in [0.4, 0.5) is 0 Å². The van der Waals surface area contributed by atoms with Crippen molar-refractivity contribution >= 4 is 23.6 Å². The van der Waals surface area contributed by atoms with E-state index in [0.717, 1.165) is 69.9 Å². The number of hydrogen-bond acceptors (Lipinski definition) is 5. The molecular formula is C36H55NO6. The predicted octanol–water partition coefficient (Wildman–Crippen LogP) is 8.42. The van der Waals surface area contributed by atoms with Crippen molar-refractivity contribution in [3.8, 4) is 0 Å². The molecule has 7 atom stereocenters. The van der Waals surface area contributed by atoms with Gasteiger partial charge in [-0.1, -0.05) is 65.3 Å². The number of carbonyl (C=O) groups excluding carboxylic acids is 1. The monoisotopic (exact) mass is 597 g/mol. The van der Waals surface area contributed by atoms with Gasteiger partial charge in [-0.05, 0) is 116 Å². The van der Waals surface area contributed by atoms with Crippen molar-refractivity contribution in [2.24, 2.45) is 55.4 Å². The van der Waals surface area contributed by atoms with E-state index in [2.05, 4.69) is 59.7 Å². The Labute approximate surface area is 258 Å². The molecule has 0 aromatic rings. The summed E-state index contributed by atoms with van der Waals surface area (Å²) in [6.45, 7) is 16.7. The highest BCUT2D eigenvalue weighted by Gasteiger charge is 2.69. The van der Waals surface area contributed by atoms with Crippen LogP contribution < -0.4 is 0 Å². The lowest BCUT2D eigenvalue weighted by Crippen LogP contribution is -2.64. The molecule has 0 aromatic carbocycles. The molecule has 3 unspecified atom stereocenters. The molecule has 7 nitrogen and oxygen atoms in total. The minimum atomic E-state index is -0.849. The van der Waals surface area contributed by atoms with Crippen LogP contribution in [0.25, 0.3) is 0 Å². The van der Waals surface area contributed by atoms with E-state index in [-0.39, 0.29) is 45.8 Å². The first-order chi connectivity index (χ1) is 19.9. The zero-order valence-corrected chi connectivity index (χ0v) is 27.7.